The van der Waals surface area contributed by atoms with Crippen molar-refractivity contribution in [3.8, 4) is 0 Å². The Morgan fingerprint density at radius 2 is 1.74 bits per heavy atom. The molecule has 0 bridgehead atoms. The number of hydrogen-bond acceptors (Lipinski definition) is 5. The number of alkyl carbamates (subject to hydrolysis) is 1. The molecule has 11 heteroatoms. The summed E-state index contributed by atoms with van der Waals surface area (Å²) in [5.74, 6) is -0.168. The highest BCUT2D eigenvalue weighted by Crippen LogP contribution is 2.30. The first-order valence-electron chi connectivity index (χ1n) is 14.3. The van der Waals surface area contributed by atoms with Crippen molar-refractivity contribution in [2.75, 3.05) is 13.1 Å². The second-order valence-corrected chi connectivity index (χ2v) is 13.0. The number of nitrogens with one attached hydrogen (secondary N) is 1. The number of fused-ring (bicyclic) bond motifs is 1. The average molecular weight is 715 g/mol. The first kappa shape index (κ1) is 32.5. The molecule has 0 saturated heterocycles. The van der Waals surface area contributed by atoms with Crippen molar-refractivity contribution < 1.29 is 14.3 Å². The Labute approximate surface area is 268 Å². The van der Waals surface area contributed by atoms with Crippen LogP contribution in [0.5, 0.6) is 0 Å². The maximum absolute atomic E-state index is 14.1. The summed E-state index contributed by atoms with van der Waals surface area (Å²) in [5, 5.41) is 7.27. The van der Waals surface area contributed by atoms with Gasteiger partial charge in [-0.3, -0.25) is 9.36 Å². The molecule has 228 valence electrons. The van der Waals surface area contributed by atoms with Gasteiger partial charge in [-0.05, 0) is 92.4 Å². The number of hydrogen-bond donors (Lipinski definition) is 1. The van der Waals surface area contributed by atoms with Gasteiger partial charge in [0.25, 0.3) is 5.91 Å². The molecule has 1 N–H and O–H groups in total. The number of nitrogens with zero attached hydrogens (tertiary/aromatic N) is 4. The standard InChI is InChI=1S/C32H37Br2N5O4/c1-6-25(26-19-27-28(34)21(2)36-39(27)31(42)38(26)20-22-11-8-7-9-12-22)37(29(40)23-13-15-24(33)16-14-23)18-10-17-35-30(41)43-32(3,4)5/h7-9,11-16,19,25H,6,10,17-18,20H2,1-5H3,(H,35,41). The van der Waals surface area contributed by atoms with Gasteiger partial charge < -0.3 is 15.0 Å². The van der Waals surface area contributed by atoms with Gasteiger partial charge in [-0.25, -0.2) is 9.59 Å². The number of aryl methyl sites for hydroxylation is 1. The minimum absolute atomic E-state index is 0.168. The lowest BCUT2D eigenvalue weighted by Gasteiger charge is -2.33. The van der Waals surface area contributed by atoms with Gasteiger partial charge in [0.2, 0.25) is 0 Å². The van der Waals surface area contributed by atoms with E-state index in [2.05, 4.69) is 42.3 Å². The molecule has 1 atom stereocenters. The van der Waals surface area contributed by atoms with E-state index in [1.807, 2.05) is 83.1 Å². The number of rotatable bonds is 10. The maximum Gasteiger partial charge on any atom is 0.407 e. The van der Waals surface area contributed by atoms with Crippen molar-refractivity contribution in [3.63, 3.8) is 0 Å². The van der Waals surface area contributed by atoms with Gasteiger partial charge in [0, 0.05) is 28.8 Å². The van der Waals surface area contributed by atoms with Crippen LogP contribution in [-0.4, -0.2) is 49.8 Å². The van der Waals surface area contributed by atoms with Gasteiger partial charge >= 0.3 is 11.8 Å². The van der Waals surface area contributed by atoms with Crippen LogP contribution in [0.2, 0.25) is 0 Å². The van der Waals surface area contributed by atoms with Crippen molar-refractivity contribution in [2.45, 2.75) is 65.6 Å². The van der Waals surface area contributed by atoms with Crippen molar-refractivity contribution >= 4 is 49.4 Å². The zero-order chi connectivity index (χ0) is 31.3. The topological polar surface area (TPSA) is 97.9 Å². The molecular formula is C32H37Br2N5O4. The summed E-state index contributed by atoms with van der Waals surface area (Å²) in [5.41, 5.74) is 2.63. The second-order valence-electron chi connectivity index (χ2n) is 11.3. The summed E-state index contributed by atoms with van der Waals surface area (Å²) < 4.78 is 10.1. The van der Waals surface area contributed by atoms with E-state index in [4.69, 9.17) is 4.74 Å². The van der Waals surface area contributed by atoms with Gasteiger partial charge in [0.05, 0.1) is 28.3 Å². The second kappa shape index (κ2) is 13.9. The molecule has 0 aliphatic rings. The SMILES string of the molecule is CCC(c1cc2c(Br)c(C)nn2c(=O)n1Cc1ccccc1)N(CCCNC(=O)OC(C)(C)C)C(=O)c1ccc(Br)cc1. The molecular weight excluding hydrogens is 678 g/mol. The highest BCUT2D eigenvalue weighted by molar-refractivity contribution is 9.11. The first-order chi connectivity index (χ1) is 20.4. The summed E-state index contributed by atoms with van der Waals surface area (Å²) in [6, 6.07) is 18.5. The lowest BCUT2D eigenvalue weighted by Crippen LogP contribution is -2.41. The third kappa shape index (κ3) is 7.94. The normalized spacial score (nSPS) is 12.3. The van der Waals surface area contributed by atoms with Crippen LogP contribution < -0.4 is 11.0 Å². The average Bonchev–Trinajstić information content (AvgIpc) is 3.25. The maximum atomic E-state index is 14.1. The van der Waals surface area contributed by atoms with Crippen LogP contribution in [0.4, 0.5) is 4.79 Å². The molecule has 2 aromatic carbocycles. The molecule has 0 radical (unpaired) electrons. The first-order valence-corrected chi connectivity index (χ1v) is 15.8. The Bertz CT molecular complexity index is 1640. The van der Waals surface area contributed by atoms with E-state index in [1.165, 1.54) is 4.52 Å². The zero-order valence-corrected chi connectivity index (χ0v) is 28.2. The number of carbonyl (C=O) groups excluding carboxylic acids is 2. The molecule has 4 rings (SSSR count). The number of ether oxygens (including phenoxy) is 1. The van der Waals surface area contributed by atoms with Crippen LogP contribution in [0.15, 0.2) is 74.4 Å². The Morgan fingerprint density at radius 3 is 2.37 bits per heavy atom. The molecule has 0 aliphatic carbocycles. The van der Waals surface area contributed by atoms with E-state index >= 15 is 0 Å². The fourth-order valence-electron chi connectivity index (χ4n) is 4.94. The minimum atomic E-state index is -0.609. The van der Waals surface area contributed by atoms with Crippen LogP contribution in [0.3, 0.4) is 0 Å². The van der Waals surface area contributed by atoms with Gasteiger partial charge in [0.1, 0.15) is 5.60 Å². The summed E-state index contributed by atoms with van der Waals surface area (Å²) in [7, 11) is 0. The fraction of sp³-hybridized carbons (Fsp3) is 0.375. The van der Waals surface area contributed by atoms with Gasteiger partial charge in [-0.1, -0.05) is 53.2 Å². The van der Waals surface area contributed by atoms with E-state index in [0.29, 0.717) is 54.9 Å². The van der Waals surface area contributed by atoms with Crippen molar-refractivity contribution in [1.29, 1.82) is 0 Å². The number of amides is 2. The van der Waals surface area contributed by atoms with Crippen molar-refractivity contribution in [3.05, 3.63) is 103 Å². The highest BCUT2D eigenvalue weighted by atomic mass is 79.9. The lowest BCUT2D eigenvalue weighted by atomic mass is 10.0. The third-order valence-electron chi connectivity index (χ3n) is 6.91. The summed E-state index contributed by atoms with van der Waals surface area (Å²) in [4.78, 5) is 42.1. The van der Waals surface area contributed by atoms with E-state index in [9.17, 15) is 14.4 Å². The van der Waals surface area contributed by atoms with E-state index in [0.717, 1.165) is 14.5 Å². The monoisotopic (exact) mass is 713 g/mol. The third-order valence-corrected chi connectivity index (χ3v) is 8.42. The van der Waals surface area contributed by atoms with Crippen LogP contribution in [0.1, 0.15) is 73.9 Å². The van der Waals surface area contributed by atoms with Gasteiger partial charge in [0.15, 0.2) is 0 Å². The molecule has 2 amide bonds. The smallest absolute Gasteiger partial charge is 0.407 e. The quantitative estimate of drug-likeness (QED) is 0.181. The number of carbonyl (C=O) groups is 2. The molecule has 2 aromatic heterocycles. The summed E-state index contributed by atoms with van der Waals surface area (Å²) in [6.07, 6.45) is 0.531. The van der Waals surface area contributed by atoms with Gasteiger partial charge in [-0.15, -0.1) is 0 Å². The zero-order valence-electron chi connectivity index (χ0n) is 25.1. The van der Waals surface area contributed by atoms with E-state index in [1.54, 1.807) is 21.6 Å². The molecule has 0 spiro atoms. The number of halogens is 2. The molecule has 2 heterocycles. The summed E-state index contributed by atoms with van der Waals surface area (Å²) >= 11 is 7.06. The number of aromatic nitrogens is 3. The molecule has 0 aliphatic heterocycles. The van der Waals surface area contributed by atoms with E-state index in [-0.39, 0.29) is 11.6 Å². The van der Waals surface area contributed by atoms with Crippen molar-refractivity contribution in [2.24, 2.45) is 0 Å². The number of benzene rings is 2. The molecule has 4 aromatic rings. The summed E-state index contributed by atoms with van der Waals surface area (Å²) in [6.45, 7) is 10.2. The molecule has 0 fully saturated rings. The molecule has 1 unspecified atom stereocenters. The van der Waals surface area contributed by atoms with Crippen LogP contribution in [0, 0.1) is 6.92 Å². The Hall–Kier alpha value is -3.44. The van der Waals surface area contributed by atoms with Crippen LogP contribution in [-0.2, 0) is 11.3 Å². The largest absolute Gasteiger partial charge is 0.444 e. The molecule has 9 nitrogen and oxygen atoms in total. The van der Waals surface area contributed by atoms with E-state index < -0.39 is 17.7 Å². The Morgan fingerprint density at radius 1 is 1.07 bits per heavy atom. The Kier molecular flexibility index (Phi) is 10.5. The van der Waals surface area contributed by atoms with Crippen LogP contribution >= 0.6 is 31.9 Å². The van der Waals surface area contributed by atoms with Crippen LogP contribution in [0.25, 0.3) is 5.52 Å². The predicted octanol–water partition coefficient (Wildman–Crippen LogP) is 6.89. The Balaban J connectivity index is 1.76. The lowest BCUT2D eigenvalue weighted by molar-refractivity contribution is 0.0523. The highest BCUT2D eigenvalue weighted by Gasteiger charge is 2.29. The predicted molar refractivity (Wildman–Crippen MR) is 174 cm³/mol. The minimum Gasteiger partial charge on any atom is -0.444 e. The molecule has 0 saturated carbocycles. The fourth-order valence-corrected chi connectivity index (χ4v) is 5.57. The van der Waals surface area contributed by atoms with Gasteiger partial charge in [-0.2, -0.15) is 9.61 Å². The van der Waals surface area contributed by atoms with Crippen molar-refractivity contribution in [1.82, 2.24) is 24.4 Å². The molecule has 43 heavy (non-hydrogen) atoms.